The van der Waals surface area contributed by atoms with Crippen molar-refractivity contribution in [1.29, 1.82) is 5.26 Å². The molecule has 9 heteroatoms. The molecule has 2 amide bonds. The summed E-state index contributed by atoms with van der Waals surface area (Å²) in [5.41, 5.74) is 4.17. The molecule has 0 bridgehead atoms. The van der Waals surface area contributed by atoms with Crippen LogP contribution in [-0.2, 0) is 4.74 Å². The van der Waals surface area contributed by atoms with Gasteiger partial charge in [0.05, 0.1) is 23.9 Å². The predicted molar refractivity (Wildman–Crippen MR) is 155 cm³/mol. The molecule has 2 fully saturated rings. The van der Waals surface area contributed by atoms with Crippen LogP contribution in [0.3, 0.4) is 0 Å². The Morgan fingerprint density at radius 3 is 2.45 bits per heavy atom. The zero-order valence-electron chi connectivity index (χ0n) is 24.2. The molecule has 2 aliphatic rings. The fourth-order valence-electron chi connectivity index (χ4n) is 5.62. The van der Waals surface area contributed by atoms with E-state index in [-0.39, 0.29) is 31.6 Å². The maximum Gasteiger partial charge on any atom is 0.410 e. The lowest BCUT2D eigenvalue weighted by Crippen LogP contribution is -2.58. The maximum absolute atomic E-state index is 13.9. The molecular formula is C31H41N5O4. The zero-order chi connectivity index (χ0) is 29.0. The van der Waals surface area contributed by atoms with Gasteiger partial charge in [0.1, 0.15) is 11.7 Å². The van der Waals surface area contributed by atoms with E-state index in [1.807, 2.05) is 50.2 Å². The number of nitriles is 1. The van der Waals surface area contributed by atoms with Gasteiger partial charge < -0.3 is 25.0 Å². The Morgan fingerprint density at radius 2 is 1.80 bits per heavy atom. The maximum atomic E-state index is 13.9. The Morgan fingerprint density at radius 1 is 1.10 bits per heavy atom. The SMILES string of the molecule is Cc1cc(C)c(N(c2ccccc2C#N)C2CCNCC2)cc1C(=O)N1CCN(C(=O)OC(C)(C)C)[C@H](CO)C1. The average Bonchev–Trinajstić information content (AvgIpc) is 2.93. The van der Waals surface area contributed by atoms with Crippen LogP contribution in [0.25, 0.3) is 0 Å². The number of carbonyl (C=O) groups excluding carboxylic acids is 2. The molecule has 0 unspecified atom stereocenters. The molecule has 0 aliphatic carbocycles. The summed E-state index contributed by atoms with van der Waals surface area (Å²) in [4.78, 5) is 32.1. The van der Waals surface area contributed by atoms with Crippen LogP contribution >= 0.6 is 0 Å². The van der Waals surface area contributed by atoms with Crippen LogP contribution in [-0.4, -0.2) is 83.9 Å². The van der Waals surface area contributed by atoms with E-state index in [1.165, 1.54) is 4.90 Å². The summed E-state index contributed by atoms with van der Waals surface area (Å²) >= 11 is 0. The van der Waals surface area contributed by atoms with Gasteiger partial charge in [0.15, 0.2) is 0 Å². The molecule has 2 heterocycles. The third-order valence-corrected chi connectivity index (χ3v) is 7.60. The molecule has 2 aliphatic heterocycles. The standard InChI is InChI=1S/C31H41N5O4/c1-21-16-22(2)28(36(24-10-12-33-13-11-24)27-9-7-6-8-23(27)18-32)17-26(21)29(38)34-14-15-35(25(19-34)20-37)30(39)40-31(3,4)5/h6-9,16-17,24-25,33,37H,10-15,19-20H2,1-5H3/t25-/m0/s1. The molecule has 214 valence electrons. The number of benzene rings is 2. The molecule has 1 atom stereocenters. The molecular weight excluding hydrogens is 506 g/mol. The highest BCUT2D eigenvalue weighted by molar-refractivity contribution is 5.97. The van der Waals surface area contributed by atoms with Crippen molar-refractivity contribution < 1.29 is 19.4 Å². The summed E-state index contributed by atoms with van der Waals surface area (Å²) in [5.74, 6) is -0.139. The number of rotatable bonds is 5. The van der Waals surface area contributed by atoms with Crippen LogP contribution in [0.1, 0.15) is 60.7 Å². The molecule has 2 aromatic rings. The number of nitrogens with zero attached hydrogens (tertiary/aromatic N) is 4. The Kier molecular flexibility index (Phi) is 9.02. The predicted octanol–water partition coefficient (Wildman–Crippen LogP) is 4.12. The van der Waals surface area contributed by atoms with Gasteiger partial charge in [0.2, 0.25) is 0 Å². The lowest BCUT2D eigenvalue weighted by Gasteiger charge is -2.41. The van der Waals surface area contributed by atoms with Crippen LogP contribution in [0.4, 0.5) is 16.2 Å². The van der Waals surface area contributed by atoms with E-state index in [0.717, 1.165) is 48.4 Å². The molecule has 40 heavy (non-hydrogen) atoms. The van der Waals surface area contributed by atoms with E-state index in [0.29, 0.717) is 17.7 Å². The van der Waals surface area contributed by atoms with E-state index in [9.17, 15) is 20.0 Å². The smallest absolute Gasteiger partial charge is 0.410 e. The Labute approximate surface area is 237 Å². The first-order valence-electron chi connectivity index (χ1n) is 14.0. The van der Waals surface area contributed by atoms with Gasteiger partial charge >= 0.3 is 6.09 Å². The third-order valence-electron chi connectivity index (χ3n) is 7.60. The summed E-state index contributed by atoms with van der Waals surface area (Å²) in [6.07, 6.45) is 1.35. The zero-order valence-corrected chi connectivity index (χ0v) is 24.2. The number of hydrogen-bond donors (Lipinski definition) is 2. The van der Waals surface area contributed by atoms with Gasteiger partial charge in [-0.05, 0) is 89.9 Å². The second-order valence-electron chi connectivity index (χ2n) is 11.7. The first kappa shape index (κ1) is 29.4. The van der Waals surface area contributed by atoms with Crippen LogP contribution in [0, 0.1) is 25.2 Å². The molecule has 0 saturated carbocycles. The summed E-state index contributed by atoms with van der Waals surface area (Å²) in [7, 11) is 0. The molecule has 4 rings (SSSR count). The van der Waals surface area contributed by atoms with Crippen LogP contribution in [0.5, 0.6) is 0 Å². The second kappa shape index (κ2) is 12.3. The van der Waals surface area contributed by atoms with Crippen LogP contribution in [0.15, 0.2) is 36.4 Å². The molecule has 0 aromatic heterocycles. The fraction of sp³-hybridized carbons (Fsp3) is 0.516. The highest BCUT2D eigenvalue weighted by atomic mass is 16.6. The van der Waals surface area contributed by atoms with E-state index in [1.54, 1.807) is 25.7 Å². The minimum absolute atomic E-state index is 0.139. The van der Waals surface area contributed by atoms with E-state index in [2.05, 4.69) is 16.3 Å². The second-order valence-corrected chi connectivity index (χ2v) is 11.7. The van der Waals surface area contributed by atoms with Crippen molar-refractivity contribution in [2.45, 2.75) is 65.1 Å². The van der Waals surface area contributed by atoms with Gasteiger partial charge in [-0.3, -0.25) is 9.69 Å². The van der Waals surface area contributed by atoms with Crippen molar-refractivity contribution in [1.82, 2.24) is 15.1 Å². The Bertz CT molecular complexity index is 1280. The Hall–Kier alpha value is -3.61. The number of ether oxygens (including phenoxy) is 1. The fourth-order valence-corrected chi connectivity index (χ4v) is 5.62. The number of amides is 2. The average molecular weight is 548 g/mol. The van der Waals surface area contributed by atoms with Gasteiger partial charge in [-0.15, -0.1) is 0 Å². The number of aliphatic hydroxyl groups excluding tert-OH is 1. The number of piperazine rings is 1. The van der Waals surface area contributed by atoms with E-state index in [4.69, 9.17) is 4.74 Å². The molecule has 2 N–H and O–H groups in total. The van der Waals surface area contributed by atoms with Gasteiger partial charge in [-0.2, -0.15) is 5.26 Å². The van der Waals surface area contributed by atoms with Gasteiger partial charge in [-0.1, -0.05) is 18.2 Å². The quantitative estimate of drug-likeness (QED) is 0.580. The van der Waals surface area contributed by atoms with Crippen molar-refractivity contribution in [2.24, 2.45) is 0 Å². The summed E-state index contributed by atoms with van der Waals surface area (Å²) in [6.45, 7) is 11.7. The topological polar surface area (TPSA) is 109 Å². The number of para-hydroxylation sites is 1. The first-order chi connectivity index (χ1) is 19.0. The molecule has 2 aromatic carbocycles. The van der Waals surface area contributed by atoms with Crippen LogP contribution in [0.2, 0.25) is 0 Å². The van der Waals surface area contributed by atoms with Crippen molar-refractivity contribution in [3.8, 4) is 6.07 Å². The van der Waals surface area contributed by atoms with Crippen LogP contribution < -0.4 is 10.2 Å². The largest absolute Gasteiger partial charge is 0.444 e. The number of anilines is 2. The number of nitrogens with one attached hydrogen (secondary N) is 1. The molecule has 0 spiro atoms. The molecule has 9 nitrogen and oxygen atoms in total. The van der Waals surface area contributed by atoms with Crippen molar-refractivity contribution in [2.75, 3.05) is 44.2 Å². The van der Waals surface area contributed by atoms with Gasteiger partial charge in [-0.25, -0.2) is 4.79 Å². The van der Waals surface area contributed by atoms with Gasteiger partial charge in [0, 0.05) is 36.9 Å². The number of aliphatic hydroxyl groups is 1. The van der Waals surface area contributed by atoms with Gasteiger partial charge in [0.25, 0.3) is 5.91 Å². The normalized spacial score (nSPS) is 18.3. The lowest BCUT2D eigenvalue weighted by atomic mass is 9.96. The van der Waals surface area contributed by atoms with E-state index < -0.39 is 17.7 Å². The summed E-state index contributed by atoms with van der Waals surface area (Å²) < 4.78 is 5.52. The third kappa shape index (κ3) is 6.40. The summed E-state index contributed by atoms with van der Waals surface area (Å²) in [5, 5.41) is 23.4. The van der Waals surface area contributed by atoms with E-state index >= 15 is 0 Å². The molecule has 0 radical (unpaired) electrons. The minimum Gasteiger partial charge on any atom is -0.444 e. The Balaban J connectivity index is 1.66. The monoisotopic (exact) mass is 547 g/mol. The first-order valence-corrected chi connectivity index (χ1v) is 14.0. The molecule has 2 saturated heterocycles. The number of piperidine rings is 1. The summed E-state index contributed by atoms with van der Waals surface area (Å²) in [6, 6.07) is 13.6. The highest BCUT2D eigenvalue weighted by Crippen LogP contribution is 2.37. The van der Waals surface area contributed by atoms with Crippen molar-refractivity contribution in [3.63, 3.8) is 0 Å². The number of carbonyl (C=O) groups is 2. The highest BCUT2D eigenvalue weighted by Gasteiger charge is 2.36. The number of hydrogen-bond acceptors (Lipinski definition) is 7. The lowest BCUT2D eigenvalue weighted by molar-refractivity contribution is -0.00986. The van der Waals surface area contributed by atoms with Crippen molar-refractivity contribution >= 4 is 23.4 Å². The minimum atomic E-state index is -0.649. The van der Waals surface area contributed by atoms with Crippen molar-refractivity contribution in [3.05, 3.63) is 58.7 Å². The number of aryl methyl sites for hydroxylation is 2.